The van der Waals surface area contributed by atoms with Crippen molar-refractivity contribution < 1.29 is 18.7 Å². The number of ether oxygens (including phenoxy) is 2. The molecule has 0 unspecified atom stereocenters. The molecule has 25 heavy (non-hydrogen) atoms. The molecule has 134 valence electrons. The molecule has 2 aliphatic heterocycles. The summed E-state index contributed by atoms with van der Waals surface area (Å²) in [5.74, 6) is 0.370. The van der Waals surface area contributed by atoms with Gasteiger partial charge in [-0.25, -0.2) is 4.98 Å². The first-order chi connectivity index (χ1) is 12.0. The van der Waals surface area contributed by atoms with E-state index in [9.17, 15) is 4.79 Å². The molecule has 0 aromatic carbocycles. The largest absolute Gasteiger partial charge is 0.459 e. The molecule has 0 N–H and O–H groups in total. The number of hydrogen-bond acceptors (Lipinski definition) is 6. The maximum absolute atomic E-state index is 12.5. The van der Waals surface area contributed by atoms with Crippen LogP contribution in [0.3, 0.4) is 0 Å². The van der Waals surface area contributed by atoms with E-state index in [4.69, 9.17) is 13.9 Å². The molecule has 1 atom stereocenters. The summed E-state index contributed by atoms with van der Waals surface area (Å²) in [6.45, 7) is 6.29. The van der Waals surface area contributed by atoms with Gasteiger partial charge in [-0.3, -0.25) is 4.79 Å². The number of rotatable bonds is 4. The summed E-state index contributed by atoms with van der Waals surface area (Å²) in [5.41, 5.74) is 1.59. The highest BCUT2D eigenvalue weighted by atomic mass is 32.1. The van der Waals surface area contributed by atoms with Crippen LogP contribution < -0.4 is 0 Å². The summed E-state index contributed by atoms with van der Waals surface area (Å²) >= 11 is 1.64. The summed E-state index contributed by atoms with van der Waals surface area (Å²) in [6.07, 6.45) is 3.41. The lowest BCUT2D eigenvalue weighted by molar-refractivity contribution is -0.188. The van der Waals surface area contributed by atoms with Gasteiger partial charge in [-0.15, -0.1) is 11.3 Å². The van der Waals surface area contributed by atoms with Crippen molar-refractivity contribution in [1.82, 2.24) is 9.88 Å². The molecule has 1 spiro atoms. The zero-order valence-corrected chi connectivity index (χ0v) is 15.3. The average molecular weight is 362 g/mol. The molecular weight excluding hydrogens is 340 g/mol. The van der Waals surface area contributed by atoms with Crippen molar-refractivity contribution >= 4 is 17.2 Å². The highest BCUT2D eigenvalue weighted by Crippen LogP contribution is 2.36. The van der Waals surface area contributed by atoms with Crippen molar-refractivity contribution in [3.05, 3.63) is 39.7 Å². The Labute approximate surface area is 150 Å². The average Bonchev–Trinajstić information content (AvgIpc) is 3.18. The molecule has 4 heterocycles. The predicted octanol–water partition coefficient (Wildman–Crippen LogP) is 2.94. The Balaban J connectivity index is 1.31. The first-order valence-corrected chi connectivity index (χ1v) is 9.43. The number of nitrogens with zero attached hydrogens (tertiary/aromatic N) is 2. The van der Waals surface area contributed by atoms with E-state index in [1.807, 2.05) is 25.3 Å². The summed E-state index contributed by atoms with van der Waals surface area (Å²) in [4.78, 5) is 18.7. The van der Waals surface area contributed by atoms with Crippen LogP contribution in [-0.2, 0) is 16.1 Å². The van der Waals surface area contributed by atoms with Crippen LogP contribution in [0.15, 0.2) is 22.1 Å². The zero-order valence-electron chi connectivity index (χ0n) is 14.5. The Morgan fingerprint density at radius 3 is 3.00 bits per heavy atom. The second-order valence-corrected chi connectivity index (χ2v) is 7.97. The molecule has 0 radical (unpaired) electrons. The molecular formula is C18H22N2O4S. The summed E-state index contributed by atoms with van der Waals surface area (Å²) in [7, 11) is 0. The van der Waals surface area contributed by atoms with E-state index in [0.29, 0.717) is 32.1 Å². The van der Waals surface area contributed by atoms with Crippen LogP contribution in [0.25, 0.3) is 0 Å². The Morgan fingerprint density at radius 2 is 2.32 bits per heavy atom. The van der Waals surface area contributed by atoms with E-state index < -0.39 is 0 Å². The number of aryl methyl sites for hydroxylation is 2. The molecule has 2 fully saturated rings. The highest BCUT2D eigenvalue weighted by molar-refractivity contribution is 7.09. The second kappa shape index (κ2) is 6.55. The molecule has 0 saturated carbocycles. The van der Waals surface area contributed by atoms with Crippen LogP contribution in [-0.4, -0.2) is 47.2 Å². The number of aromatic nitrogens is 1. The molecule has 0 bridgehead atoms. The van der Waals surface area contributed by atoms with Crippen LogP contribution in [0.4, 0.5) is 0 Å². The van der Waals surface area contributed by atoms with Crippen molar-refractivity contribution in [2.24, 2.45) is 0 Å². The molecule has 2 aromatic rings. The number of carbonyl (C=O) groups is 1. The minimum Gasteiger partial charge on any atom is -0.459 e. The molecule has 0 aliphatic carbocycles. The van der Waals surface area contributed by atoms with E-state index >= 15 is 0 Å². The topological polar surface area (TPSA) is 64.8 Å². The van der Waals surface area contributed by atoms with Gasteiger partial charge < -0.3 is 18.8 Å². The lowest BCUT2D eigenvalue weighted by Crippen LogP contribution is -2.67. The zero-order chi connectivity index (χ0) is 17.4. The number of hydrogen-bond donors (Lipinski definition) is 0. The maximum Gasteiger partial charge on any atom is 0.290 e. The van der Waals surface area contributed by atoms with Crippen molar-refractivity contribution in [3.8, 4) is 0 Å². The van der Waals surface area contributed by atoms with Gasteiger partial charge in [0.2, 0.25) is 0 Å². The fourth-order valence-electron chi connectivity index (χ4n) is 3.55. The van der Waals surface area contributed by atoms with Crippen LogP contribution >= 0.6 is 11.3 Å². The minimum atomic E-state index is -0.267. The third-order valence-electron chi connectivity index (χ3n) is 4.88. The van der Waals surface area contributed by atoms with Crippen LogP contribution in [0.2, 0.25) is 0 Å². The van der Waals surface area contributed by atoms with Gasteiger partial charge in [0.1, 0.15) is 5.60 Å². The Morgan fingerprint density at radius 1 is 1.48 bits per heavy atom. The predicted molar refractivity (Wildman–Crippen MR) is 92.7 cm³/mol. The quantitative estimate of drug-likeness (QED) is 0.837. The summed E-state index contributed by atoms with van der Waals surface area (Å²) < 4.78 is 17.3. The third-order valence-corrected chi connectivity index (χ3v) is 5.71. The van der Waals surface area contributed by atoms with Gasteiger partial charge in [0.15, 0.2) is 5.76 Å². The van der Waals surface area contributed by atoms with Gasteiger partial charge in [0.05, 0.1) is 42.8 Å². The van der Waals surface area contributed by atoms with Gasteiger partial charge in [0.25, 0.3) is 5.91 Å². The highest BCUT2D eigenvalue weighted by Gasteiger charge is 2.50. The Kier molecular flexibility index (Phi) is 4.39. The molecule has 2 aromatic heterocycles. The summed E-state index contributed by atoms with van der Waals surface area (Å²) in [5, 5.41) is 3.10. The first kappa shape index (κ1) is 16.8. The van der Waals surface area contributed by atoms with Gasteiger partial charge in [-0.05, 0) is 26.3 Å². The van der Waals surface area contributed by atoms with Crippen LogP contribution in [0.1, 0.15) is 39.7 Å². The van der Waals surface area contributed by atoms with E-state index in [-0.39, 0.29) is 17.6 Å². The summed E-state index contributed by atoms with van der Waals surface area (Å²) in [6, 6.07) is 1.81. The van der Waals surface area contributed by atoms with Gasteiger partial charge in [0, 0.05) is 24.0 Å². The molecule has 6 nitrogen and oxygen atoms in total. The van der Waals surface area contributed by atoms with Crippen molar-refractivity contribution in [3.63, 3.8) is 0 Å². The molecule has 2 aliphatic rings. The van der Waals surface area contributed by atoms with Crippen molar-refractivity contribution in [1.29, 1.82) is 0 Å². The first-order valence-electron chi connectivity index (χ1n) is 8.55. The number of furan rings is 1. The molecule has 4 rings (SSSR count). The van der Waals surface area contributed by atoms with Crippen LogP contribution in [0, 0.1) is 13.8 Å². The van der Waals surface area contributed by atoms with Crippen molar-refractivity contribution in [2.45, 2.75) is 45.0 Å². The number of amides is 1. The standard InChI is InChI=1S/C18H22N2O4S/c1-12-3-5-22-16(12)17(21)20-10-18(11-20)7-15(4-6-24-18)23-8-14-9-25-13(2)19-14/h3,5,9,15H,4,6-8,10-11H2,1-2H3/t15-/m0/s1. The third kappa shape index (κ3) is 3.36. The SMILES string of the molecule is Cc1nc(CO[C@H]2CCOC3(C2)CN(C(=O)c2occc2C)C3)cs1. The van der Waals surface area contributed by atoms with Gasteiger partial charge in [-0.2, -0.15) is 0 Å². The molecule has 2 saturated heterocycles. The van der Waals surface area contributed by atoms with E-state index in [0.717, 1.165) is 29.1 Å². The minimum absolute atomic E-state index is 0.0577. The van der Waals surface area contributed by atoms with Crippen LogP contribution in [0.5, 0.6) is 0 Å². The lowest BCUT2D eigenvalue weighted by Gasteiger charge is -2.52. The number of thiazole rings is 1. The lowest BCUT2D eigenvalue weighted by atomic mass is 9.84. The fraction of sp³-hybridized carbons (Fsp3) is 0.556. The Hall–Kier alpha value is -1.70. The fourth-order valence-corrected chi connectivity index (χ4v) is 4.15. The molecule has 1 amide bonds. The van der Waals surface area contributed by atoms with E-state index in [2.05, 4.69) is 4.98 Å². The van der Waals surface area contributed by atoms with Gasteiger partial charge >= 0.3 is 0 Å². The normalized spacial score (nSPS) is 22.2. The smallest absolute Gasteiger partial charge is 0.290 e. The van der Waals surface area contributed by atoms with E-state index in [1.54, 1.807) is 22.5 Å². The van der Waals surface area contributed by atoms with E-state index in [1.165, 1.54) is 0 Å². The number of likely N-dealkylation sites (tertiary alicyclic amines) is 1. The second-order valence-electron chi connectivity index (χ2n) is 6.91. The van der Waals surface area contributed by atoms with Gasteiger partial charge in [-0.1, -0.05) is 0 Å². The molecule has 7 heteroatoms. The monoisotopic (exact) mass is 362 g/mol. The van der Waals surface area contributed by atoms with Crippen molar-refractivity contribution in [2.75, 3.05) is 19.7 Å². The Bertz CT molecular complexity index is 763. The number of carbonyl (C=O) groups excluding carboxylic acids is 1. The maximum atomic E-state index is 12.5.